The molecule has 0 bridgehead atoms. The van der Waals surface area contributed by atoms with Crippen molar-refractivity contribution >= 4 is 11.8 Å². The molecule has 2 atom stereocenters. The van der Waals surface area contributed by atoms with Crippen LogP contribution in [-0.2, 0) is 16.0 Å². The number of ether oxygens (including phenoxy) is 1. The lowest BCUT2D eigenvalue weighted by atomic mass is 10.1. The van der Waals surface area contributed by atoms with Gasteiger partial charge in [-0.2, -0.15) is 0 Å². The highest BCUT2D eigenvalue weighted by molar-refractivity contribution is 5.84. The van der Waals surface area contributed by atoms with Crippen molar-refractivity contribution < 1.29 is 14.3 Å². The SMILES string of the molecule is COc1ccc(CC(=O)N2CCN(C(=O)[C@H]3C[C@H]3c3ccccc3)CC2)cc1. The molecule has 28 heavy (non-hydrogen) atoms. The third-order valence-electron chi connectivity index (χ3n) is 5.79. The van der Waals surface area contributed by atoms with Gasteiger partial charge < -0.3 is 14.5 Å². The van der Waals surface area contributed by atoms with Crippen LogP contribution in [0.2, 0.25) is 0 Å². The normalized spacial score (nSPS) is 21.3. The summed E-state index contributed by atoms with van der Waals surface area (Å²) in [5.74, 6) is 1.63. The zero-order chi connectivity index (χ0) is 19.5. The molecule has 0 aromatic heterocycles. The Kier molecular flexibility index (Phi) is 5.33. The van der Waals surface area contributed by atoms with E-state index in [1.54, 1.807) is 7.11 Å². The third-order valence-corrected chi connectivity index (χ3v) is 5.79. The second-order valence-electron chi connectivity index (χ2n) is 7.59. The maximum atomic E-state index is 12.8. The Balaban J connectivity index is 1.26. The number of carbonyl (C=O) groups is 2. The van der Waals surface area contributed by atoms with Gasteiger partial charge in [0.2, 0.25) is 11.8 Å². The van der Waals surface area contributed by atoms with Crippen LogP contribution in [0.1, 0.15) is 23.5 Å². The topological polar surface area (TPSA) is 49.9 Å². The average molecular weight is 378 g/mol. The molecule has 4 rings (SSSR count). The van der Waals surface area contributed by atoms with Crippen LogP contribution in [-0.4, -0.2) is 54.9 Å². The van der Waals surface area contributed by atoms with Gasteiger partial charge in [0.1, 0.15) is 5.75 Å². The summed E-state index contributed by atoms with van der Waals surface area (Å²) in [7, 11) is 1.63. The van der Waals surface area contributed by atoms with E-state index < -0.39 is 0 Å². The van der Waals surface area contributed by atoms with Gasteiger partial charge in [-0.25, -0.2) is 0 Å². The van der Waals surface area contributed by atoms with Crippen LogP contribution in [0.25, 0.3) is 0 Å². The van der Waals surface area contributed by atoms with Gasteiger partial charge >= 0.3 is 0 Å². The summed E-state index contributed by atoms with van der Waals surface area (Å²) in [6, 6.07) is 17.9. The van der Waals surface area contributed by atoms with Crippen molar-refractivity contribution in [3.63, 3.8) is 0 Å². The second-order valence-corrected chi connectivity index (χ2v) is 7.59. The predicted octanol–water partition coefficient (Wildman–Crippen LogP) is 2.71. The highest BCUT2D eigenvalue weighted by Crippen LogP contribution is 2.48. The Morgan fingerprint density at radius 2 is 1.57 bits per heavy atom. The lowest BCUT2D eigenvalue weighted by Crippen LogP contribution is -2.51. The van der Waals surface area contributed by atoms with Crippen molar-refractivity contribution in [1.82, 2.24) is 9.80 Å². The molecular formula is C23H26N2O3. The van der Waals surface area contributed by atoms with Crippen molar-refractivity contribution in [2.24, 2.45) is 5.92 Å². The molecule has 2 aliphatic rings. The van der Waals surface area contributed by atoms with Crippen LogP contribution in [0.5, 0.6) is 5.75 Å². The van der Waals surface area contributed by atoms with Crippen molar-refractivity contribution in [2.45, 2.75) is 18.8 Å². The van der Waals surface area contributed by atoms with Gasteiger partial charge in [0, 0.05) is 32.1 Å². The van der Waals surface area contributed by atoms with Crippen molar-refractivity contribution in [2.75, 3.05) is 33.3 Å². The number of piperazine rings is 1. The number of benzene rings is 2. The summed E-state index contributed by atoms with van der Waals surface area (Å²) >= 11 is 0. The van der Waals surface area contributed by atoms with Crippen LogP contribution in [0.3, 0.4) is 0 Å². The molecule has 1 heterocycles. The number of nitrogens with zero attached hydrogens (tertiary/aromatic N) is 2. The molecule has 0 radical (unpaired) electrons. The van der Waals surface area contributed by atoms with Crippen molar-refractivity contribution in [1.29, 1.82) is 0 Å². The van der Waals surface area contributed by atoms with Crippen LogP contribution >= 0.6 is 0 Å². The smallest absolute Gasteiger partial charge is 0.227 e. The molecule has 0 spiro atoms. The summed E-state index contributed by atoms with van der Waals surface area (Å²) in [6.45, 7) is 2.49. The lowest BCUT2D eigenvalue weighted by Gasteiger charge is -2.35. The average Bonchev–Trinajstić information content (AvgIpc) is 3.55. The van der Waals surface area contributed by atoms with E-state index in [4.69, 9.17) is 4.74 Å². The highest BCUT2D eigenvalue weighted by atomic mass is 16.5. The van der Waals surface area contributed by atoms with Crippen molar-refractivity contribution in [3.05, 3.63) is 65.7 Å². The molecule has 0 N–H and O–H groups in total. The van der Waals surface area contributed by atoms with E-state index in [-0.39, 0.29) is 17.7 Å². The fourth-order valence-corrected chi connectivity index (χ4v) is 3.98. The lowest BCUT2D eigenvalue weighted by molar-refractivity contribution is -0.140. The zero-order valence-electron chi connectivity index (χ0n) is 16.2. The second kappa shape index (κ2) is 8.05. The Morgan fingerprint density at radius 3 is 2.21 bits per heavy atom. The monoisotopic (exact) mass is 378 g/mol. The Bertz CT molecular complexity index is 827. The minimum Gasteiger partial charge on any atom is -0.497 e. The quantitative estimate of drug-likeness (QED) is 0.804. The van der Waals surface area contributed by atoms with E-state index in [2.05, 4.69) is 12.1 Å². The molecule has 5 heteroatoms. The molecule has 2 amide bonds. The molecule has 5 nitrogen and oxygen atoms in total. The summed E-state index contributed by atoms with van der Waals surface area (Å²) in [5, 5.41) is 0. The molecule has 1 aliphatic heterocycles. The van der Waals surface area contributed by atoms with Gasteiger partial charge in [-0.3, -0.25) is 9.59 Å². The molecular weight excluding hydrogens is 352 g/mol. The number of hydrogen-bond donors (Lipinski definition) is 0. The van der Waals surface area contributed by atoms with Crippen LogP contribution in [0.15, 0.2) is 54.6 Å². The highest BCUT2D eigenvalue weighted by Gasteiger charge is 2.46. The van der Waals surface area contributed by atoms with Crippen LogP contribution in [0.4, 0.5) is 0 Å². The number of methoxy groups -OCH3 is 1. The molecule has 1 saturated heterocycles. The predicted molar refractivity (Wildman–Crippen MR) is 107 cm³/mol. The Morgan fingerprint density at radius 1 is 0.929 bits per heavy atom. The fourth-order valence-electron chi connectivity index (χ4n) is 3.98. The van der Waals surface area contributed by atoms with E-state index in [9.17, 15) is 9.59 Å². The first-order valence-electron chi connectivity index (χ1n) is 9.90. The summed E-state index contributed by atoms with van der Waals surface area (Å²) < 4.78 is 5.15. The maximum Gasteiger partial charge on any atom is 0.227 e. The van der Waals surface area contributed by atoms with Crippen LogP contribution in [0, 0.1) is 5.92 Å². The van der Waals surface area contributed by atoms with Crippen LogP contribution < -0.4 is 4.74 Å². The molecule has 2 fully saturated rings. The number of rotatable bonds is 5. The number of hydrogen-bond acceptors (Lipinski definition) is 3. The number of amides is 2. The molecule has 2 aromatic carbocycles. The maximum absolute atomic E-state index is 12.8. The van der Waals surface area contributed by atoms with Gasteiger partial charge in [0.05, 0.1) is 13.5 Å². The fraction of sp³-hybridized carbons (Fsp3) is 0.391. The minimum absolute atomic E-state index is 0.115. The largest absolute Gasteiger partial charge is 0.497 e. The third kappa shape index (κ3) is 4.03. The zero-order valence-corrected chi connectivity index (χ0v) is 16.2. The van der Waals surface area contributed by atoms with Crippen molar-refractivity contribution in [3.8, 4) is 5.75 Å². The van der Waals surface area contributed by atoms with E-state index in [0.29, 0.717) is 38.5 Å². The molecule has 0 unspecified atom stereocenters. The van der Waals surface area contributed by atoms with Gasteiger partial charge in [-0.15, -0.1) is 0 Å². The first-order valence-corrected chi connectivity index (χ1v) is 9.90. The van der Waals surface area contributed by atoms with Gasteiger partial charge in [0.25, 0.3) is 0 Å². The van der Waals surface area contributed by atoms with Gasteiger partial charge in [0.15, 0.2) is 0 Å². The Hall–Kier alpha value is -2.82. The first-order chi connectivity index (χ1) is 13.7. The number of carbonyl (C=O) groups excluding carboxylic acids is 2. The van der Waals surface area contributed by atoms with Gasteiger partial charge in [-0.1, -0.05) is 42.5 Å². The first kappa shape index (κ1) is 18.5. The van der Waals surface area contributed by atoms with E-state index in [0.717, 1.165) is 17.7 Å². The van der Waals surface area contributed by atoms with E-state index >= 15 is 0 Å². The minimum atomic E-state index is 0.115. The van der Waals surface area contributed by atoms with E-state index in [1.165, 1.54) is 5.56 Å². The Labute approximate surface area is 165 Å². The summed E-state index contributed by atoms with van der Waals surface area (Å²) in [5.41, 5.74) is 2.24. The summed E-state index contributed by atoms with van der Waals surface area (Å²) in [4.78, 5) is 29.2. The molecule has 2 aromatic rings. The standard InChI is InChI=1S/C23H26N2O3/c1-28-19-9-7-17(8-10-19)15-22(26)24-11-13-25(14-12-24)23(27)21-16-20(21)18-5-3-2-4-6-18/h2-10,20-21H,11-16H2,1H3/t20-,21-/m0/s1. The van der Waals surface area contributed by atoms with Gasteiger partial charge in [-0.05, 0) is 35.6 Å². The van der Waals surface area contributed by atoms with E-state index in [1.807, 2.05) is 52.3 Å². The summed E-state index contributed by atoms with van der Waals surface area (Å²) in [6.07, 6.45) is 1.33. The molecule has 1 aliphatic carbocycles. The molecule has 1 saturated carbocycles. The molecule has 146 valence electrons.